The van der Waals surface area contributed by atoms with E-state index in [1.54, 1.807) is 19.1 Å². The lowest BCUT2D eigenvalue weighted by Gasteiger charge is -2.11. The molecule has 1 aliphatic carbocycles. The quantitative estimate of drug-likeness (QED) is 0.808. The molecule has 3 N–H and O–H groups in total. The molecule has 0 amide bonds. The molecule has 1 aromatic rings. The van der Waals surface area contributed by atoms with Crippen molar-refractivity contribution in [2.75, 3.05) is 25.7 Å². The van der Waals surface area contributed by atoms with Crippen molar-refractivity contribution in [3.05, 3.63) is 23.8 Å². The molecule has 0 aromatic heterocycles. The third-order valence-corrected chi connectivity index (χ3v) is 6.92. The summed E-state index contributed by atoms with van der Waals surface area (Å²) in [4.78, 5) is 0. The predicted molar refractivity (Wildman–Crippen MR) is 77.1 cm³/mol. The van der Waals surface area contributed by atoms with E-state index in [1.807, 2.05) is 6.07 Å². The molecule has 0 unspecified atom stereocenters. The van der Waals surface area contributed by atoms with Crippen LogP contribution in [0.15, 0.2) is 18.2 Å². The molecule has 1 saturated carbocycles. The summed E-state index contributed by atoms with van der Waals surface area (Å²) in [6.45, 7) is 1.67. The number of aliphatic hydroxyl groups is 1. The molecule has 1 aliphatic heterocycles. The Labute approximate surface area is 123 Å². The van der Waals surface area contributed by atoms with Crippen molar-refractivity contribution in [3.63, 3.8) is 0 Å². The van der Waals surface area contributed by atoms with Gasteiger partial charge < -0.3 is 20.3 Å². The van der Waals surface area contributed by atoms with Gasteiger partial charge in [0.25, 0.3) is 0 Å². The lowest BCUT2D eigenvalue weighted by molar-refractivity contribution is 0.174. The van der Waals surface area contributed by atoms with Crippen LogP contribution in [0.25, 0.3) is 0 Å². The first kappa shape index (κ1) is 14.6. The van der Waals surface area contributed by atoms with Crippen molar-refractivity contribution in [1.82, 2.24) is 0 Å². The van der Waals surface area contributed by atoms with Gasteiger partial charge >= 0.3 is 0 Å². The summed E-state index contributed by atoms with van der Waals surface area (Å²) in [6, 6.07) is 5.38. The number of rotatable bonds is 5. The third-order valence-electron chi connectivity index (χ3n) is 4.60. The standard InChI is InChI=1S/C14H19NO5S/c1-2-21(17,18)13-12(14(13,6-15)7-16)9-3-4-10-11(5-9)20-8-19-10/h3-5,12-13,16H,2,6-8,15H2,1H3/t12-,13+,14-/m0/s1. The molecule has 7 heteroatoms. The smallest absolute Gasteiger partial charge is 0.231 e. The second kappa shape index (κ2) is 4.86. The fraction of sp³-hybridized carbons (Fsp3) is 0.571. The van der Waals surface area contributed by atoms with E-state index in [2.05, 4.69) is 0 Å². The average Bonchev–Trinajstić information content (AvgIpc) is 2.98. The molecule has 0 saturated heterocycles. The topological polar surface area (TPSA) is 98.9 Å². The van der Waals surface area contributed by atoms with Gasteiger partial charge in [0.15, 0.2) is 21.3 Å². The molecule has 0 bridgehead atoms. The van der Waals surface area contributed by atoms with Crippen molar-refractivity contribution in [2.45, 2.75) is 18.1 Å². The molecule has 116 valence electrons. The highest BCUT2D eigenvalue weighted by atomic mass is 32.2. The van der Waals surface area contributed by atoms with Crippen LogP contribution in [0.1, 0.15) is 18.4 Å². The summed E-state index contributed by atoms with van der Waals surface area (Å²) >= 11 is 0. The highest BCUT2D eigenvalue weighted by Gasteiger charge is 2.69. The second-order valence-electron chi connectivity index (χ2n) is 5.56. The normalized spacial score (nSPS) is 30.4. The number of aliphatic hydroxyl groups excluding tert-OH is 1. The SMILES string of the molecule is CCS(=O)(=O)[C@@H]1[C@H](c2ccc3c(c2)OCO3)[C@]1(CN)CO. The lowest BCUT2D eigenvalue weighted by Crippen LogP contribution is -2.28. The average molecular weight is 313 g/mol. The Morgan fingerprint density at radius 1 is 1.38 bits per heavy atom. The molecule has 1 aromatic carbocycles. The number of benzene rings is 1. The first-order valence-corrected chi connectivity index (χ1v) is 8.63. The minimum atomic E-state index is -3.28. The Kier molecular flexibility index (Phi) is 3.38. The van der Waals surface area contributed by atoms with Gasteiger partial charge in [-0.15, -0.1) is 0 Å². The fourth-order valence-corrected chi connectivity index (χ4v) is 5.46. The minimum Gasteiger partial charge on any atom is -0.454 e. The maximum Gasteiger partial charge on any atom is 0.231 e. The van der Waals surface area contributed by atoms with Crippen LogP contribution < -0.4 is 15.2 Å². The summed E-state index contributed by atoms with van der Waals surface area (Å²) < 4.78 is 35.2. The molecule has 6 nitrogen and oxygen atoms in total. The van der Waals surface area contributed by atoms with Crippen LogP contribution in [0.2, 0.25) is 0 Å². The Morgan fingerprint density at radius 2 is 2.10 bits per heavy atom. The van der Waals surface area contributed by atoms with Gasteiger partial charge in [0, 0.05) is 23.6 Å². The van der Waals surface area contributed by atoms with E-state index in [4.69, 9.17) is 15.2 Å². The Bertz CT molecular complexity index is 653. The number of sulfone groups is 1. The summed E-state index contributed by atoms with van der Waals surface area (Å²) in [5.74, 6) is 1.00. The van der Waals surface area contributed by atoms with Crippen LogP contribution in [-0.2, 0) is 9.84 Å². The summed E-state index contributed by atoms with van der Waals surface area (Å²) in [6.07, 6.45) is 0. The molecule has 0 radical (unpaired) electrons. The van der Waals surface area contributed by atoms with E-state index in [0.717, 1.165) is 5.56 Å². The number of hydrogen-bond acceptors (Lipinski definition) is 6. The lowest BCUT2D eigenvalue weighted by atomic mass is 10.00. The van der Waals surface area contributed by atoms with Gasteiger partial charge in [-0.2, -0.15) is 0 Å². The van der Waals surface area contributed by atoms with Crippen molar-refractivity contribution >= 4 is 9.84 Å². The predicted octanol–water partition coefficient (Wildman–Crippen LogP) is 0.253. The Morgan fingerprint density at radius 3 is 2.71 bits per heavy atom. The van der Waals surface area contributed by atoms with Crippen LogP contribution in [0.5, 0.6) is 11.5 Å². The van der Waals surface area contributed by atoms with E-state index in [9.17, 15) is 13.5 Å². The first-order valence-electron chi connectivity index (χ1n) is 6.92. The van der Waals surface area contributed by atoms with Crippen LogP contribution >= 0.6 is 0 Å². The van der Waals surface area contributed by atoms with Crippen molar-refractivity contribution in [2.24, 2.45) is 11.1 Å². The molecule has 2 aliphatic rings. The number of fused-ring (bicyclic) bond motifs is 1. The molecule has 21 heavy (non-hydrogen) atoms. The Hall–Kier alpha value is -1.31. The van der Waals surface area contributed by atoms with Gasteiger partial charge in [-0.3, -0.25) is 0 Å². The van der Waals surface area contributed by atoms with Crippen molar-refractivity contribution in [1.29, 1.82) is 0 Å². The van der Waals surface area contributed by atoms with Gasteiger partial charge in [-0.05, 0) is 17.7 Å². The van der Waals surface area contributed by atoms with Gasteiger partial charge in [-0.25, -0.2) is 8.42 Å². The first-order chi connectivity index (χ1) is 10.00. The molecular formula is C14H19NO5S. The van der Waals surface area contributed by atoms with Gasteiger partial charge in [0.1, 0.15) is 0 Å². The third kappa shape index (κ3) is 2.03. The van der Waals surface area contributed by atoms with E-state index < -0.39 is 20.5 Å². The van der Waals surface area contributed by atoms with Crippen molar-refractivity contribution in [3.8, 4) is 11.5 Å². The molecule has 1 heterocycles. The van der Waals surface area contributed by atoms with E-state index >= 15 is 0 Å². The summed E-state index contributed by atoms with van der Waals surface area (Å²) in [5.41, 5.74) is 5.81. The number of ether oxygens (including phenoxy) is 2. The summed E-state index contributed by atoms with van der Waals surface area (Å²) in [7, 11) is -3.28. The fourth-order valence-electron chi connectivity index (χ4n) is 3.31. The summed E-state index contributed by atoms with van der Waals surface area (Å²) in [5, 5.41) is 9.08. The molecular weight excluding hydrogens is 294 g/mol. The van der Waals surface area contributed by atoms with Gasteiger partial charge in [-0.1, -0.05) is 13.0 Å². The monoisotopic (exact) mass is 313 g/mol. The van der Waals surface area contributed by atoms with Crippen LogP contribution in [0, 0.1) is 5.41 Å². The second-order valence-corrected chi connectivity index (χ2v) is 7.97. The number of hydrogen-bond donors (Lipinski definition) is 2. The van der Waals surface area contributed by atoms with Gasteiger partial charge in [0.05, 0.1) is 11.9 Å². The van der Waals surface area contributed by atoms with Crippen LogP contribution in [0.3, 0.4) is 0 Å². The highest BCUT2D eigenvalue weighted by molar-refractivity contribution is 7.92. The largest absolute Gasteiger partial charge is 0.454 e. The van der Waals surface area contributed by atoms with E-state index in [0.29, 0.717) is 11.5 Å². The van der Waals surface area contributed by atoms with Crippen LogP contribution in [0.4, 0.5) is 0 Å². The molecule has 0 spiro atoms. The zero-order valence-electron chi connectivity index (χ0n) is 11.8. The highest BCUT2D eigenvalue weighted by Crippen LogP contribution is 2.62. The molecule has 1 fully saturated rings. The maximum absolute atomic E-state index is 12.3. The number of nitrogens with two attached hydrogens (primary N) is 1. The van der Waals surface area contributed by atoms with Crippen molar-refractivity contribution < 1.29 is 23.0 Å². The maximum atomic E-state index is 12.3. The molecule has 3 rings (SSSR count). The molecule has 3 atom stereocenters. The zero-order valence-corrected chi connectivity index (χ0v) is 12.6. The Balaban J connectivity index is 2.01. The zero-order chi connectivity index (χ0) is 15.3. The van der Waals surface area contributed by atoms with Gasteiger partial charge in [0.2, 0.25) is 6.79 Å². The van der Waals surface area contributed by atoms with Crippen LogP contribution in [-0.4, -0.2) is 44.5 Å². The van der Waals surface area contributed by atoms with E-state index in [-0.39, 0.29) is 31.6 Å². The minimum absolute atomic E-state index is 0.0421. The van der Waals surface area contributed by atoms with E-state index in [1.165, 1.54) is 0 Å².